The second-order valence-electron chi connectivity index (χ2n) is 5.94. The number of sulfonamides is 2. The molecule has 146 valence electrons. The van der Waals surface area contributed by atoms with Crippen molar-refractivity contribution in [1.29, 1.82) is 0 Å². The highest BCUT2D eigenvalue weighted by Crippen LogP contribution is 2.24. The predicted octanol–water partition coefficient (Wildman–Crippen LogP) is 2.15. The summed E-state index contributed by atoms with van der Waals surface area (Å²) >= 11 is 3.28. The first-order chi connectivity index (χ1) is 12.7. The smallest absolute Gasteiger partial charge is 0.243 e. The van der Waals surface area contributed by atoms with Crippen LogP contribution in [0.3, 0.4) is 0 Å². The molecule has 0 unspecified atom stereocenters. The van der Waals surface area contributed by atoms with Crippen molar-refractivity contribution < 1.29 is 21.6 Å². The molecule has 1 aliphatic rings. The van der Waals surface area contributed by atoms with Gasteiger partial charge in [0.2, 0.25) is 20.0 Å². The van der Waals surface area contributed by atoms with Gasteiger partial charge in [0.05, 0.1) is 16.9 Å². The van der Waals surface area contributed by atoms with Crippen molar-refractivity contribution in [3.63, 3.8) is 0 Å². The average molecular weight is 475 g/mol. The molecule has 0 bridgehead atoms. The van der Waals surface area contributed by atoms with Gasteiger partial charge in [0.15, 0.2) is 0 Å². The molecule has 10 heteroatoms. The minimum absolute atomic E-state index is 0.101. The Labute approximate surface area is 167 Å². The van der Waals surface area contributed by atoms with E-state index in [4.69, 9.17) is 4.74 Å². The largest absolute Gasteiger partial charge is 0.497 e. The van der Waals surface area contributed by atoms with Crippen molar-refractivity contribution in [3.05, 3.63) is 53.0 Å². The fraction of sp³-hybridized carbons (Fsp3) is 0.294. The van der Waals surface area contributed by atoms with Crippen molar-refractivity contribution in [1.82, 2.24) is 8.61 Å². The molecule has 0 atom stereocenters. The van der Waals surface area contributed by atoms with E-state index in [2.05, 4.69) is 15.9 Å². The monoisotopic (exact) mass is 474 g/mol. The van der Waals surface area contributed by atoms with Crippen LogP contribution in [0.25, 0.3) is 0 Å². The van der Waals surface area contributed by atoms with Gasteiger partial charge in [-0.05, 0) is 48.5 Å². The van der Waals surface area contributed by atoms with Crippen LogP contribution in [0.2, 0.25) is 0 Å². The van der Waals surface area contributed by atoms with Crippen LogP contribution in [-0.2, 0) is 20.0 Å². The van der Waals surface area contributed by atoms with E-state index in [1.807, 2.05) is 0 Å². The highest BCUT2D eigenvalue weighted by molar-refractivity contribution is 9.10. The first-order valence-electron chi connectivity index (χ1n) is 8.15. The molecule has 0 N–H and O–H groups in total. The Balaban J connectivity index is 1.73. The molecule has 1 fully saturated rings. The third-order valence-electron chi connectivity index (χ3n) is 4.35. The third-order valence-corrected chi connectivity index (χ3v) is 8.70. The molecule has 27 heavy (non-hydrogen) atoms. The van der Waals surface area contributed by atoms with Gasteiger partial charge in [-0.15, -0.1) is 0 Å². The van der Waals surface area contributed by atoms with E-state index in [0.29, 0.717) is 5.75 Å². The van der Waals surface area contributed by atoms with Crippen molar-refractivity contribution in [2.24, 2.45) is 0 Å². The summed E-state index contributed by atoms with van der Waals surface area (Å²) in [5, 5.41) is 0. The van der Waals surface area contributed by atoms with E-state index in [1.54, 1.807) is 24.3 Å². The topological polar surface area (TPSA) is 84.0 Å². The first-order valence-corrected chi connectivity index (χ1v) is 11.8. The summed E-state index contributed by atoms with van der Waals surface area (Å²) in [7, 11) is -5.81. The number of hydrogen-bond acceptors (Lipinski definition) is 5. The standard InChI is InChI=1S/C17H19BrN2O5S2/c1-25-15-4-8-17(9-5-15)27(23,24)20-12-10-19(11-13-20)26(21,22)16-6-2-14(18)3-7-16/h2-9H,10-13H2,1H3. The maximum Gasteiger partial charge on any atom is 0.243 e. The summed E-state index contributed by atoms with van der Waals surface area (Å²) in [6, 6.07) is 12.5. The molecule has 2 aromatic rings. The molecule has 1 aliphatic heterocycles. The van der Waals surface area contributed by atoms with Crippen molar-refractivity contribution in [3.8, 4) is 5.75 Å². The lowest BCUT2D eigenvalue weighted by atomic mass is 10.3. The summed E-state index contributed by atoms with van der Waals surface area (Å²) in [5.41, 5.74) is 0. The molecule has 0 saturated carbocycles. The van der Waals surface area contributed by atoms with Crippen LogP contribution >= 0.6 is 15.9 Å². The lowest BCUT2D eigenvalue weighted by Crippen LogP contribution is -2.50. The Morgan fingerprint density at radius 3 is 1.48 bits per heavy atom. The Hall–Kier alpha value is -1.46. The summed E-state index contributed by atoms with van der Waals surface area (Å²) in [4.78, 5) is 0.352. The SMILES string of the molecule is COc1ccc(S(=O)(=O)N2CCN(S(=O)(=O)c3ccc(Br)cc3)CC2)cc1. The summed E-state index contributed by atoms with van der Waals surface area (Å²) in [6.07, 6.45) is 0. The number of ether oxygens (including phenoxy) is 1. The van der Waals surface area contributed by atoms with E-state index < -0.39 is 20.0 Å². The number of nitrogens with zero attached hydrogens (tertiary/aromatic N) is 2. The van der Waals surface area contributed by atoms with Gasteiger partial charge in [-0.1, -0.05) is 15.9 Å². The van der Waals surface area contributed by atoms with E-state index in [1.165, 1.54) is 40.0 Å². The summed E-state index contributed by atoms with van der Waals surface area (Å²) in [6.45, 7) is 0.413. The molecule has 2 aromatic carbocycles. The lowest BCUT2D eigenvalue weighted by Gasteiger charge is -2.33. The molecule has 0 radical (unpaired) electrons. The van der Waals surface area contributed by atoms with Crippen LogP contribution in [-0.4, -0.2) is 58.7 Å². The molecule has 0 aliphatic carbocycles. The summed E-state index contributed by atoms with van der Waals surface area (Å²) in [5.74, 6) is 0.569. The molecule has 0 spiro atoms. The highest BCUT2D eigenvalue weighted by Gasteiger charge is 2.33. The molecule has 3 rings (SSSR count). The second-order valence-corrected chi connectivity index (χ2v) is 10.7. The number of methoxy groups -OCH3 is 1. The van der Waals surface area contributed by atoms with E-state index in [9.17, 15) is 16.8 Å². The molecular formula is C17H19BrN2O5S2. The highest BCUT2D eigenvalue weighted by atomic mass is 79.9. The number of halogens is 1. The van der Waals surface area contributed by atoms with Crippen LogP contribution in [0, 0.1) is 0 Å². The normalized spacial score (nSPS) is 17.0. The van der Waals surface area contributed by atoms with Crippen LogP contribution in [0.15, 0.2) is 62.8 Å². The Morgan fingerprint density at radius 1 is 0.741 bits per heavy atom. The van der Waals surface area contributed by atoms with Crippen LogP contribution in [0.5, 0.6) is 5.75 Å². The van der Waals surface area contributed by atoms with Gasteiger partial charge in [0.1, 0.15) is 5.75 Å². The number of benzene rings is 2. The Kier molecular flexibility index (Phi) is 5.92. The second kappa shape index (κ2) is 7.88. The van der Waals surface area contributed by atoms with Gasteiger partial charge >= 0.3 is 0 Å². The zero-order valence-corrected chi connectivity index (χ0v) is 17.8. The zero-order valence-electron chi connectivity index (χ0n) is 14.6. The molecule has 7 nitrogen and oxygen atoms in total. The predicted molar refractivity (Wildman–Crippen MR) is 105 cm³/mol. The molecule has 0 amide bonds. The molecule has 0 aromatic heterocycles. The lowest BCUT2D eigenvalue weighted by molar-refractivity contribution is 0.273. The minimum Gasteiger partial charge on any atom is -0.497 e. The van der Waals surface area contributed by atoms with E-state index >= 15 is 0 Å². The van der Waals surface area contributed by atoms with Crippen molar-refractivity contribution in [2.45, 2.75) is 9.79 Å². The van der Waals surface area contributed by atoms with Crippen LogP contribution in [0.1, 0.15) is 0 Å². The average Bonchev–Trinajstić information content (AvgIpc) is 2.68. The summed E-state index contributed by atoms with van der Waals surface area (Å²) < 4.78 is 59.4. The van der Waals surface area contributed by atoms with Gasteiger partial charge in [-0.3, -0.25) is 0 Å². The Bertz CT molecular complexity index is 998. The van der Waals surface area contributed by atoms with Crippen molar-refractivity contribution >= 4 is 36.0 Å². The molecule has 1 saturated heterocycles. The molecular weight excluding hydrogens is 456 g/mol. The minimum atomic E-state index is -3.68. The first kappa shape index (κ1) is 20.3. The van der Waals surface area contributed by atoms with E-state index in [0.717, 1.165) is 4.47 Å². The third kappa shape index (κ3) is 4.19. The van der Waals surface area contributed by atoms with Crippen LogP contribution in [0.4, 0.5) is 0 Å². The van der Waals surface area contributed by atoms with Gasteiger partial charge in [-0.2, -0.15) is 8.61 Å². The molecule has 1 heterocycles. The fourth-order valence-electron chi connectivity index (χ4n) is 2.80. The van der Waals surface area contributed by atoms with Crippen molar-refractivity contribution in [2.75, 3.05) is 33.3 Å². The van der Waals surface area contributed by atoms with Gasteiger partial charge in [-0.25, -0.2) is 16.8 Å². The maximum absolute atomic E-state index is 12.8. The van der Waals surface area contributed by atoms with Gasteiger partial charge in [0.25, 0.3) is 0 Å². The van der Waals surface area contributed by atoms with Crippen LogP contribution < -0.4 is 4.74 Å². The number of piperazine rings is 1. The maximum atomic E-state index is 12.8. The Morgan fingerprint density at radius 2 is 1.11 bits per heavy atom. The fourth-order valence-corrected chi connectivity index (χ4v) is 5.91. The van der Waals surface area contributed by atoms with E-state index in [-0.39, 0.29) is 36.0 Å². The number of rotatable bonds is 5. The van der Waals surface area contributed by atoms with Gasteiger partial charge < -0.3 is 4.74 Å². The quantitative estimate of drug-likeness (QED) is 0.662. The zero-order chi connectivity index (χ0) is 19.7. The van der Waals surface area contributed by atoms with Gasteiger partial charge in [0, 0.05) is 30.7 Å². The number of hydrogen-bond donors (Lipinski definition) is 0.